The summed E-state index contributed by atoms with van der Waals surface area (Å²) in [6, 6.07) is 3.56. The Bertz CT molecular complexity index is 494. The van der Waals surface area contributed by atoms with Crippen molar-refractivity contribution in [2.24, 2.45) is 17.9 Å². The van der Waals surface area contributed by atoms with Crippen LogP contribution in [0.25, 0.3) is 0 Å². The Balaban J connectivity index is 1.90. The lowest BCUT2D eigenvalue weighted by molar-refractivity contribution is -0.267. The van der Waals surface area contributed by atoms with Crippen LogP contribution in [0.3, 0.4) is 0 Å². The molecule has 0 spiro atoms. The van der Waals surface area contributed by atoms with Crippen LogP contribution in [0.2, 0.25) is 0 Å². The van der Waals surface area contributed by atoms with E-state index >= 15 is 0 Å². The van der Waals surface area contributed by atoms with Crippen molar-refractivity contribution in [2.75, 3.05) is 19.8 Å². The molecule has 0 aromatic carbocycles. The first-order chi connectivity index (χ1) is 9.71. The number of aromatic nitrogens is 1. The average Bonchev–Trinajstić information content (AvgIpc) is 2.82. The molecule has 0 saturated carbocycles. The van der Waals surface area contributed by atoms with Gasteiger partial charge in [0.1, 0.15) is 12.3 Å². The van der Waals surface area contributed by atoms with Gasteiger partial charge in [-0.25, -0.2) is 4.79 Å². The van der Waals surface area contributed by atoms with Crippen molar-refractivity contribution in [1.82, 2.24) is 4.57 Å². The maximum atomic E-state index is 12.0. The minimum Gasteiger partial charge on any atom is -0.460 e. The van der Waals surface area contributed by atoms with Crippen LogP contribution in [0.15, 0.2) is 18.3 Å². The third-order valence-corrected chi connectivity index (χ3v) is 3.62. The molecule has 2 rings (SSSR count). The van der Waals surface area contributed by atoms with Gasteiger partial charge in [0.15, 0.2) is 6.29 Å². The van der Waals surface area contributed by atoms with Gasteiger partial charge in [-0.2, -0.15) is 0 Å². The zero-order chi connectivity index (χ0) is 15.7. The standard InChI is InChI=1S/C16H25NO4/c1-15(2)9-20-14(21-10-15)16(3,4)11-19-13(18)12-7-6-8-17(12)5/h6-8,14H,9-11H2,1-5H3. The quantitative estimate of drug-likeness (QED) is 0.801. The minimum absolute atomic E-state index is 0.0340. The Kier molecular flexibility index (Phi) is 4.44. The van der Waals surface area contributed by atoms with Crippen molar-refractivity contribution >= 4 is 5.97 Å². The Morgan fingerprint density at radius 1 is 1.43 bits per heavy atom. The van der Waals surface area contributed by atoms with E-state index in [2.05, 4.69) is 13.8 Å². The predicted octanol–water partition coefficient (Wildman–Crippen LogP) is 2.61. The Labute approximate surface area is 126 Å². The zero-order valence-electron chi connectivity index (χ0n) is 13.5. The monoisotopic (exact) mass is 295 g/mol. The average molecular weight is 295 g/mol. The highest BCUT2D eigenvalue weighted by atomic mass is 16.7. The third kappa shape index (κ3) is 3.86. The van der Waals surface area contributed by atoms with E-state index in [9.17, 15) is 4.79 Å². The third-order valence-electron chi connectivity index (χ3n) is 3.62. The van der Waals surface area contributed by atoms with E-state index in [1.165, 1.54) is 0 Å². The lowest BCUT2D eigenvalue weighted by Crippen LogP contribution is -2.46. The normalized spacial score (nSPS) is 19.5. The molecule has 1 aromatic heterocycles. The number of ether oxygens (including phenoxy) is 3. The van der Waals surface area contributed by atoms with Crippen LogP contribution < -0.4 is 0 Å². The largest absolute Gasteiger partial charge is 0.460 e. The summed E-state index contributed by atoms with van der Waals surface area (Å²) in [5.74, 6) is -0.327. The summed E-state index contributed by atoms with van der Waals surface area (Å²) in [7, 11) is 1.82. The summed E-state index contributed by atoms with van der Waals surface area (Å²) < 4.78 is 18.7. The van der Waals surface area contributed by atoms with Gasteiger partial charge >= 0.3 is 5.97 Å². The SMILES string of the molecule is Cn1cccc1C(=O)OCC(C)(C)C1OCC(C)(C)CO1. The summed E-state index contributed by atoms with van der Waals surface area (Å²) in [4.78, 5) is 12.0. The topological polar surface area (TPSA) is 49.7 Å². The van der Waals surface area contributed by atoms with Crippen molar-refractivity contribution in [1.29, 1.82) is 0 Å². The van der Waals surface area contributed by atoms with Crippen LogP contribution in [-0.4, -0.2) is 36.6 Å². The second kappa shape index (κ2) is 5.81. The molecule has 0 unspecified atom stereocenters. The second-order valence-electron chi connectivity index (χ2n) is 7.19. The molecule has 0 amide bonds. The maximum absolute atomic E-state index is 12.0. The summed E-state index contributed by atoms with van der Waals surface area (Å²) in [5.41, 5.74) is 0.182. The highest BCUT2D eigenvalue weighted by Gasteiger charge is 2.39. The second-order valence-corrected chi connectivity index (χ2v) is 7.19. The molecule has 118 valence electrons. The van der Waals surface area contributed by atoms with Gasteiger partial charge in [0.05, 0.1) is 13.2 Å². The summed E-state index contributed by atoms with van der Waals surface area (Å²) in [6.07, 6.45) is 1.46. The number of hydrogen-bond acceptors (Lipinski definition) is 4. The van der Waals surface area contributed by atoms with Crippen LogP contribution in [0, 0.1) is 10.8 Å². The fourth-order valence-corrected chi connectivity index (χ4v) is 2.21. The van der Waals surface area contributed by atoms with Gasteiger partial charge in [-0.1, -0.05) is 27.7 Å². The van der Waals surface area contributed by atoms with Crippen molar-refractivity contribution < 1.29 is 19.0 Å². The van der Waals surface area contributed by atoms with E-state index in [1.807, 2.05) is 33.2 Å². The molecule has 5 heteroatoms. The molecule has 2 heterocycles. The molecule has 0 bridgehead atoms. The van der Waals surface area contributed by atoms with Crippen LogP contribution >= 0.6 is 0 Å². The molecule has 1 fully saturated rings. The lowest BCUT2D eigenvalue weighted by atomic mass is 9.90. The maximum Gasteiger partial charge on any atom is 0.354 e. The summed E-state index contributed by atoms with van der Waals surface area (Å²) in [5, 5.41) is 0. The summed E-state index contributed by atoms with van der Waals surface area (Å²) >= 11 is 0. The van der Waals surface area contributed by atoms with Crippen molar-refractivity contribution in [3.8, 4) is 0 Å². The van der Waals surface area contributed by atoms with E-state index in [0.717, 1.165) is 0 Å². The van der Waals surface area contributed by atoms with Crippen LogP contribution in [0.5, 0.6) is 0 Å². The number of aryl methyl sites for hydroxylation is 1. The van der Waals surface area contributed by atoms with Gasteiger partial charge in [0.2, 0.25) is 0 Å². The van der Waals surface area contributed by atoms with Crippen LogP contribution in [0.4, 0.5) is 0 Å². The van der Waals surface area contributed by atoms with Gasteiger partial charge in [0, 0.05) is 24.1 Å². The summed E-state index contributed by atoms with van der Waals surface area (Å²) in [6.45, 7) is 9.71. The van der Waals surface area contributed by atoms with E-state index in [1.54, 1.807) is 10.6 Å². The molecule has 0 atom stereocenters. The van der Waals surface area contributed by atoms with E-state index in [0.29, 0.717) is 18.9 Å². The van der Waals surface area contributed by atoms with Gasteiger partial charge in [-0.15, -0.1) is 0 Å². The zero-order valence-corrected chi connectivity index (χ0v) is 13.5. The number of hydrogen-bond donors (Lipinski definition) is 0. The van der Waals surface area contributed by atoms with Crippen molar-refractivity contribution in [3.63, 3.8) is 0 Å². The number of carbonyl (C=O) groups excluding carboxylic acids is 1. The van der Waals surface area contributed by atoms with Crippen LogP contribution in [-0.2, 0) is 21.3 Å². The molecule has 5 nitrogen and oxygen atoms in total. The highest BCUT2D eigenvalue weighted by molar-refractivity contribution is 5.87. The van der Waals surface area contributed by atoms with Gasteiger partial charge in [-0.3, -0.25) is 0 Å². The van der Waals surface area contributed by atoms with Gasteiger partial charge in [-0.05, 0) is 12.1 Å². The number of carbonyl (C=O) groups is 1. The molecule has 1 aromatic rings. The smallest absolute Gasteiger partial charge is 0.354 e. The lowest BCUT2D eigenvalue weighted by Gasteiger charge is -2.41. The first-order valence-corrected chi connectivity index (χ1v) is 7.23. The molecular weight excluding hydrogens is 270 g/mol. The van der Waals surface area contributed by atoms with E-state index in [4.69, 9.17) is 14.2 Å². The van der Waals surface area contributed by atoms with Crippen molar-refractivity contribution in [2.45, 2.75) is 34.0 Å². The molecule has 1 saturated heterocycles. The van der Waals surface area contributed by atoms with Gasteiger partial charge < -0.3 is 18.8 Å². The van der Waals surface area contributed by atoms with E-state index < -0.39 is 5.41 Å². The van der Waals surface area contributed by atoms with E-state index in [-0.39, 0.29) is 24.3 Å². The predicted molar refractivity (Wildman–Crippen MR) is 78.9 cm³/mol. The number of nitrogens with zero attached hydrogens (tertiary/aromatic N) is 1. The Morgan fingerprint density at radius 2 is 2.05 bits per heavy atom. The molecule has 1 aliphatic heterocycles. The first-order valence-electron chi connectivity index (χ1n) is 7.23. The first kappa shape index (κ1) is 16.0. The molecule has 1 aliphatic rings. The molecule has 0 N–H and O–H groups in total. The molecule has 21 heavy (non-hydrogen) atoms. The van der Waals surface area contributed by atoms with Crippen LogP contribution in [0.1, 0.15) is 38.2 Å². The molecule has 0 aliphatic carbocycles. The highest BCUT2D eigenvalue weighted by Crippen LogP contribution is 2.32. The Morgan fingerprint density at radius 3 is 2.57 bits per heavy atom. The minimum atomic E-state index is -0.392. The Hall–Kier alpha value is -1.33. The molecular formula is C16H25NO4. The fraction of sp³-hybridized carbons (Fsp3) is 0.688. The van der Waals surface area contributed by atoms with Crippen molar-refractivity contribution in [3.05, 3.63) is 24.0 Å². The number of rotatable bonds is 4. The number of esters is 1. The molecule has 0 radical (unpaired) electrons. The fourth-order valence-electron chi connectivity index (χ4n) is 2.21. The van der Waals surface area contributed by atoms with Gasteiger partial charge in [0.25, 0.3) is 0 Å².